The molecule has 0 aliphatic carbocycles. The quantitative estimate of drug-likeness (QED) is 0.651. The number of benzene rings is 1. The summed E-state index contributed by atoms with van der Waals surface area (Å²) in [6, 6.07) is 8.03. The van der Waals surface area contributed by atoms with E-state index in [2.05, 4.69) is 16.6 Å². The maximum Gasteiger partial charge on any atom is 0.165 e. The molecule has 0 fully saturated rings. The van der Waals surface area contributed by atoms with Gasteiger partial charge in [-0.15, -0.1) is 0 Å². The first kappa shape index (κ1) is 7.92. The van der Waals surface area contributed by atoms with E-state index in [-0.39, 0.29) is 6.17 Å². The molecule has 1 aliphatic rings. The van der Waals surface area contributed by atoms with E-state index in [1.807, 2.05) is 30.3 Å². The first-order valence-electron chi connectivity index (χ1n) is 4.18. The highest BCUT2D eigenvalue weighted by atomic mass is 15.0. The molecule has 2 rings (SSSR count). The second-order valence-corrected chi connectivity index (χ2v) is 2.80. The fraction of sp³-hybridized carbons (Fsp3) is 0.0909. The number of nitrogens with zero attached hydrogens (tertiary/aromatic N) is 2. The van der Waals surface area contributed by atoms with Crippen LogP contribution in [-0.4, -0.2) is 12.4 Å². The van der Waals surface area contributed by atoms with Gasteiger partial charge in [0.1, 0.15) is 0 Å². The molecule has 1 aliphatic heterocycles. The average molecular weight is 170 g/mol. The van der Waals surface area contributed by atoms with Crippen LogP contribution < -0.4 is 0 Å². The Kier molecular flexibility index (Phi) is 2.04. The summed E-state index contributed by atoms with van der Waals surface area (Å²) < 4.78 is 0. The normalized spacial score (nSPS) is 15.1. The molecule has 0 atom stereocenters. The summed E-state index contributed by atoms with van der Waals surface area (Å²) in [5.74, 6) is 0. The highest BCUT2D eigenvalue weighted by molar-refractivity contribution is 6.17. The number of hydrogen-bond donors (Lipinski definition) is 0. The smallest absolute Gasteiger partial charge is 0.165 e. The molecular weight excluding hydrogens is 160 g/mol. The molecule has 0 unspecified atom stereocenters. The standard InChI is InChI=1S/C11H10N2/c1-2-9-5-3-4-6-10(9)11-12-7-8-13-11/h2-8,11H,1H2. The monoisotopic (exact) mass is 170 g/mol. The molecule has 0 saturated carbocycles. The molecule has 64 valence electrons. The van der Waals surface area contributed by atoms with Crippen LogP contribution in [0.25, 0.3) is 6.08 Å². The average Bonchev–Trinajstić information content (AvgIpc) is 2.70. The van der Waals surface area contributed by atoms with Crippen molar-refractivity contribution in [2.24, 2.45) is 9.98 Å². The summed E-state index contributed by atoms with van der Waals surface area (Å²) in [5, 5.41) is 0. The maximum absolute atomic E-state index is 4.22. The molecule has 0 aromatic heterocycles. The minimum Gasteiger partial charge on any atom is -0.260 e. The van der Waals surface area contributed by atoms with Crippen molar-refractivity contribution in [3.8, 4) is 0 Å². The summed E-state index contributed by atoms with van der Waals surface area (Å²) >= 11 is 0. The minimum atomic E-state index is -0.0609. The van der Waals surface area contributed by atoms with Gasteiger partial charge in [0.15, 0.2) is 6.17 Å². The topological polar surface area (TPSA) is 24.7 Å². The van der Waals surface area contributed by atoms with Crippen LogP contribution >= 0.6 is 0 Å². The van der Waals surface area contributed by atoms with Gasteiger partial charge in [0.2, 0.25) is 0 Å². The molecule has 0 spiro atoms. The van der Waals surface area contributed by atoms with Crippen molar-refractivity contribution < 1.29 is 0 Å². The van der Waals surface area contributed by atoms with Gasteiger partial charge in [-0.2, -0.15) is 0 Å². The Morgan fingerprint density at radius 3 is 2.54 bits per heavy atom. The first-order chi connectivity index (χ1) is 6.42. The van der Waals surface area contributed by atoms with E-state index in [4.69, 9.17) is 0 Å². The second-order valence-electron chi connectivity index (χ2n) is 2.80. The number of hydrogen-bond acceptors (Lipinski definition) is 2. The van der Waals surface area contributed by atoms with E-state index in [1.165, 1.54) is 0 Å². The van der Waals surface area contributed by atoms with E-state index in [9.17, 15) is 0 Å². The third kappa shape index (κ3) is 1.43. The van der Waals surface area contributed by atoms with E-state index < -0.39 is 0 Å². The molecule has 13 heavy (non-hydrogen) atoms. The van der Waals surface area contributed by atoms with Crippen LogP contribution in [0.2, 0.25) is 0 Å². The summed E-state index contributed by atoms with van der Waals surface area (Å²) in [4.78, 5) is 8.44. The first-order valence-corrected chi connectivity index (χ1v) is 4.18. The predicted octanol–water partition coefficient (Wildman–Crippen LogP) is 2.48. The Bertz CT molecular complexity index is 365. The van der Waals surface area contributed by atoms with Crippen molar-refractivity contribution in [3.05, 3.63) is 42.0 Å². The van der Waals surface area contributed by atoms with Crippen LogP contribution in [0.5, 0.6) is 0 Å². The van der Waals surface area contributed by atoms with Gasteiger partial charge in [-0.3, -0.25) is 9.98 Å². The molecule has 0 N–H and O–H groups in total. The van der Waals surface area contributed by atoms with E-state index in [0.29, 0.717) is 0 Å². The zero-order valence-electron chi connectivity index (χ0n) is 7.22. The minimum absolute atomic E-state index is 0.0609. The molecule has 1 aromatic carbocycles. The highest BCUT2D eigenvalue weighted by Gasteiger charge is 2.11. The Labute approximate surface area is 77.4 Å². The Balaban J connectivity index is 2.43. The summed E-state index contributed by atoms with van der Waals surface area (Å²) in [7, 11) is 0. The lowest BCUT2D eigenvalue weighted by Crippen LogP contribution is -1.91. The Morgan fingerprint density at radius 2 is 1.85 bits per heavy atom. The lowest BCUT2D eigenvalue weighted by molar-refractivity contribution is 0.800. The van der Waals surface area contributed by atoms with Gasteiger partial charge in [0, 0.05) is 18.0 Å². The molecule has 2 heteroatoms. The lowest BCUT2D eigenvalue weighted by atomic mass is 10.1. The molecule has 0 radical (unpaired) electrons. The van der Waals surface area contributed by atoms with Crippen LogP contribution in [0.1, 0.15) is 17.3 Å². The van der Waals surface area contributed by atoms with Gasteiger partial charge in [-0.05, 0) is 5.56 Å². The molecular formula is C11H10N2. The predicted molar refractivity (Wildman–Crippen MR) is 56.3 cm³/mol. The highest BCUT2D eigenvalue weighted by Crippen LogP contribution is 2.24. The van der Waals surface area contributed by atoms with Crippen LogP contribution in [0.15, 0.2) is 40.8 Å². The van der Waals surface area contributed by atoms with Crippen LogP contribution in [0.3, 0.4) is 0 Å². The Morgan fingerprint density at radius 1 is 1.15 bits per heavy atom. The zero-order chi connectivity index (χ0) is 9.10. The summed E-state index contributed by atoms with van der Waals surface area (Å²) in [5.41, 5.74) is 2.21. The van der Waals surface area contributed by atoms with Crippen molar-refractivity contribution in [3.63, 3.8) is 0 Å². The van der Waals surface area contributed by atoms with E-state index >= 15 is 0 Å². The van der Waals surface area contributed by atoms with Crippen molar-refractivity contribution in [1.82, 2.24) is 0 Å². The van der Waals surface area contributed by atoms with Crippen molar-refractivity contribution >= 4 is 18.5 Å². The van der Waals surface area contributed by atoms with Gasteiger partial charge in [-0.25, -0.2) is 0 Å². The van der Waals surface area contributed by atoms with Gasteiger partial charge in [0.25, 0.3) is 0 Å². The fourth-order valence-electron chi connectivity index (χ4n) is 1.37. The SMILES string of the molecule is C=Cc1ccccc1C1N=CC=N1. The molecule has 1 aromatic rings. The number of rotatable bonds is 2. The fourth-order valence-corrected chi connectivity index (χ4v) is 1.37. The van der Waals surface area contributed by atoms with Gasteiger partial charge in [-0.1, -0.05) is 36.9 Å². The van der Waals surface area contributed by atoms with Crippen molar-refractivity contribution in [2.45, 2.75) is 6.17 Å². The second kappa shape index (κ2) is 3.35. The van der Waals surface area contributed by atoms with E-state index in [1.54, 1.807) is 12.4 Å². The van der Waals surface area contributed by atoms with Gasteiger partial charge >= 0.3 is 0 Å². The van der Waals surface area contributed by atoms with Crippen LogP contribution in [-0.2, 0) is 0 Å². The number of aliphatic imine (C=N–C) groups is 2. The van der Waals surface area contributed by atoms with E-state index in [0.717, 1.165) is 11.1 Å². The summed E-state index contributed by atoms with van der Waals surface area (Å²) in [6.45, 7) is 3.76. The van der Waals surface area contributed by atoms with Crippen molar-refractivity contribution in [2.75, 3.05) is 0 Å². The van der Waals surface area contributed by atoms with Gasteiger partial charge < -0.3 is 0 Å². The third-order valence-electron chi connectivity index (χ3n) is 2.02. The van der Waals surface area contributed by atoms with Crippen molar-refractivity contribution in [1.29, 1.82) is 0 Å². The largest absolute Gasteiger partial charge is 0.260 e. The molecule has 0 saturated heterocycles. The third-order valence-corrected chi connectivity index (χ3v) is 2.02. The molecule has 0 amide bonds. The molecule has 1 heterocycles. The zero-order valence-corrected chi connectivity index (χ0v) is 7.22. The van der Waals surface area contributed by atoms with Crippen LogP contribution in [0, 0.1) is 0 Å². The lowest BCUT2D eigenvalue weighted by Gasteiger charge is -2.07. The molecule has 2 nitrogen and oxygen atoms in total. The van der Waals surface area contributed by atoms with Crippen LogP contribution in [0.4, 0.5) is 0 Å². The maximum atomic E-state index is 4.22. The van der Waals surface area contributed by atoms with Gasteiger partial charge in [0.05, 0.1) is 0 Å². The molecule has 0 bridgehead atoms. The Hall–Kier alpha value is -1.70. The summed E-state index contributed by atoms with van der Waals surface area (Å²) in [6.07, 6.45) is 5.22.